The van der Waals surface area contributed by atoms with Crippen molar-refractivity contribution in [1.82, 2.24) is 4.57 Å². The van der Waals surface area contributed by atoms with E-state index in [4.69, 9.17) is 9.73 Å². The number of thiazole rings is 1. The van der Waals surface area contributed by atoms with Gasteiger partial charge in [-0.25, -0.2) is 4.99 Å². The van der Waals surface area contributed by atoms with Gasteiger partial charge in [0.15, 0.2) is 4.80 Å². The Labute approximate surface area is 229 Å². The highest BCUT2D eigenvalue weighted by Gasteiger charge is 2.33. The van der Waals surface area contributed by atoms with Crippen molar-refractivity contribution >= 4 is 34.5 Å². The van der Waals surface area contributed by atoms with Crippen LogP contribution in [0.25, 0.3) is 11.8 Å². The minimum absolute atomic E-state index is 0.0385. The highest BCUT2D eigenvalue weighted by atomic mass is 32.1. The average molecular weight is 557 g/mol. The average Bonchev–Trinajstić information content (AvgIpc) is 3.26. The molecule has 0 saturated carbocycles. The molecule has 6 rings (SSSR count). The molecule has 0 amide bonds. The van der Waals surface area contributed by atoms with Crippen LogP contribution in [0, 0.1) is 20.2 Å². The first-order valence-electron chi connectivity index (χ1n) is 12.2. The van der Waals surface area contributed by atoms with Gasteiger partial charge in [0.05, 0.1) is 33.2 Å². The summed E-state index contributed by atoms with van der Waals surface area (Å²) in [7, 11) is 1.58. The van der Waals surface area contributed by atoms with Crippen LogP contribution in [0.4, 0.5) is 11.4 Å². The zero-order valence-corrected chi connectivity index (χ0v) is 21.8. The molecule has 0 unspecified atom stereocenters. The predicted molar refractivity (Wildman–Crippen MR) is 147 cm³/mol. The Morgan fingerprint density at radius 1 is 1.05 bits per heavy atom. The van der Waals surface area contributed by atoms with Crippen LogP contribution in [0.15, 0.2) is 76.0 Å². The molecule has 1 N–H and O–H groups in total. The monoisotopic (exact) mass is 556 g/mol. The number of hydrogen-bond donors (Lipinski definition) is 1. The first kappa shape index (κ1) is 25.2. The molecule has 0 bridgehead atoms. The van der Waals surface area contributed by atoms with Crippen molar-refractivity contribution < 1.29 is 19.7 Å². The number of methoxy groups -OCH3 is 1. The molecule has 40 heavy (non-hydrogen) atoms. The fourth-order valence-corrected chi connectivity index (χ4v) is 6.25. The number of nitro groups is 2. The number of phenols is 1. The van der Waals surface area contributed by atoms with Crippen molar-refractivity contribution in [3.63, 3.8) is 0 Å². The molecular weight excluding hydrogens is 536 g/mol. The van der Waals surface area contributed by atoms with Gasteiger partial charge in [-0.15, -0.1) is 0 Å². The van der Waals surface area contributed by atoms with E-state index in [-0.39, 0.29) is 15.7 Å². The summed E-state index contributed by atoms with van der Waals surface area (Å²) in [5.74, 6) is -0.366. The Bertz CT molecular complexity index is 1910. The van der Waals surface area contributed by atoms with Gasteiger partial charge in [0.25, 0.3) is 11.3 Å². The van der Waals surface area contributed by atoms with Gasteiger partial charge in [0.1, 0.15) is 5.75 Å². The molecule has 0 spiro atoms. The largest absolute Gasteiger partial charge is 0.497 e. The molecule has 2 aliphatic rings. The zero-order valence-electron chi connectivity index (χ0n) is 20.9. The summed E-state index contributed by atoms with van der Waals surface area (Å²) in [6, 6.07) is 17.0. The van der Waals surface area contributed by atoms with Crippen LogP contribution in [0.3, 0.4) is 0 Å². The quantitative estimate of drug-likeness (QED) is 0.290. The van der Waals surface area contributed by atoms with Crippen molar-refractivity contribution in [1.29, 1.82) is 0 Å². The van der Waals surface area contributed by atoms with Gasteiger partial charge < -0.3 is 9.84 Å². The molecule has 3 aromatic carbocycles. The molecule has 12 heteroatoms. The van der Waals surface area contributed by atoms with Crippen LogP contribution in [0.1, 0.15) is 34.7 Å². The molecule has 4 aromatic rings. The van der Waals surface area contributed by atoms with Crippen molar-refractivity contribution in [3.8, 4) is 11.5 Å². The summed E-state index contributed by atoms with van der Waals surface area (Å²) in [5.41, 5.74) is 2.86. The van der Waals surface area contributed by atoms with Crippen LogP contribution < -0.4 is 19.6 Å². The van der Waals surface area contributed by atoms with Gasteiger partial charge >= 0.3 is 11.4 Å². The number of nitro benzene ring substituents is 2. The molecular formula is C28H20N4O7S. The third-order valence-electron chi connectivity index (χ3n) is 7.09. The van der Waals surface area contributed by atoms with E-state index in [9.17, 15) is 30.1 Å². The molecule has 2 heterocycles. The van der Waals surface area contributed by atoms with Crippen molar-refractivity contribution in [2.45, 2.75) is 18.9 Å². The Balaban J connectivity index is 1.60. The smallest absolute Gasteiger partial charge is 0.318 e. The van der Waals surface area contributed by atoms with E-state index in [1.165, 1.54) is 11.6 Å². The summed E-state index contributed by atoms with van der Waals surface area (Å²) < 4.78 is 7.12. The van der Waals surface area contributed by atoms with Crippen LogP contribution in [0.2, 0.25) is 0 Å². The molecule has 1 atom stereocenters. The molecule has 1 aliphatic carbocycles. The van der Waals surface area contributed by atoms with E-state index in [2.05, 4.69) is 6.07 Å². The maximum Gasteiger partial charge on any atom is 0.318 e. The number of ether oxygens (including phenoxy) is 1. The normalized spacial score (nSPS) is 16.0. The predicted octanol–water partition coefficient (Wildman–Crippen LogP) is 3.85. The lowest BCUT2D eigenvalue weighted by atomic mass is 9.83. The topological polar surface area (TPSA) is 150 Å². The van der Waals surface area contributed by atoms with E-state index in [1.54, 1.807) is 11.7 Å². The second-order valence-electron chi connectivity index (χ2n) is 9.31. The van der Waals surface area contributed by atoms with Crippen LogP contribution in [0.5, 0.6) is 11.5 Å². The maximum atomic E-state index is 13.9. The fourth-order valence-electron chi connectivity index (χ4n) is 5.25. The molecule has 0 fully saturated rings. The second kappa shape index (κ2) is 9.58. The second-order valence-corrected chi connectivity index (χ2v) is 10.3. The fraction of sp³-hybridized carbons (Fsp3) is 0.143. The first-order valence-corrected chi connectivity index (χ1v) is 13.0. The molecule has 11 nitrogen and oxygen atoms in total. The minimum atomic E-state index is -1.04. The van der Waals surface area contributed by atoms with Gasteiger partial charge in [-0.3, -0.25) is 29.6 Å². The van der Waals surface area contributed by atoms with E-state index in [0.717, 1.165) is 52.3 Å². The summed E-state index contributed by atoms with van der Waals surface area (Å²) in [6.45, 7) is 0. The Hall–Kier alpha value is -5.10. The Morgan fingerprint density at radius 3 is 2.38 bits per heavy atom. The number of allylic oxidation sites excluding steroid dienone is 1. The van der Waals surface area contributed by atoms with Crippen molar-refractivity contribution in [2.24, 2.45) is 4.99 Å². The number of aromatic hydroxyl groups is 1. The molecule has 1 aliphatic heterocycles. The highest BCUT2D eigenvalue weighted by molar-refractivity contribution is 7.07. The number of nitrogens with zero attached hydrogens (tertiary/aromatic N) is 4. The lowest BCUT2D eigenvalue weighted by Gasteiger charge is -2.30. The SMILES string of the molecule is COc1ccc([C@@H]2C3=C(N=c4s/c(=C\c5cc([N+](=O)[O-])c(O)c([N+](=O)[O-])c5)c(=O)n42)c2ccccc2CC3)cc1. The van der Waals surface area contributed by atoms with Gasteiger partial charge in [0, 0.05) is 17.7 Å². The van der Waals surface area contributed by atoms with Gasteiger partial charge in [-0.2, -0.15) is 0 Å². The summed E-state index contributed by atoms with van der Waals surface area (Å²) in [4.78, 5) is 40.3. The van der Waals surface area contributed by atoms with Crippen molar-refractivity contribution in [2.75, 3.05) is 7.11 Å². The standard InChI is InChI=1S/C28H20N4O7S/c1-39-18-9-6-17(7-10-18)25-20-11-8-16-4-2-3-5-19(16)24(20)29-28-30(25)27(34)23(40-28)14-15-12-21(31(35)36)26(33)22(13-15)32(37)38/h2-7,9-10,12-14,25,33H,8,11H2,1H3/b23-14-/t25-/m1/s1. The maximum absolute atomic E-state index is 13.9. The van der Waals surface area contributed by atoms with Gasteiger partial charge in [-0.05, 0) is 53.3 Å². The molecule has 0 radical (unpaired) electrons. The highest BCUT2D eigenvalue weighted by Crippen LogP contribution is 2.41. The number of benzene rings is 3. The van der Waals surface area contributed by atoms with Gasteiger partial charge in [-0.1, -0.05) is 47.7 Å². The lowest BCUT2D eigenvalue weighted by Crippen LogP contribution is -2.38. The van der Waals surface area contributed by atoms with Crippen molar-refractivity contribution in [3.05, 3.63) is 128 Å². The number of aromatic nitrogens is 1. The number of aryl methyl sites for hydroxylation is 1. The summed E-state index contributed by atoms with van der Waals surface area (Å²) in [6.07, 6.45) is 2.85. The van der Waals surface area contributed by atoms with Gasteiger partial charge in [0.2, 0.25) is 0 Å². The molecule has 1 aromatic heterocycles. The van der Waals surface area contributed by atoms with Crippen LogP contribution in [-0.4, -0.2) is 26.6 Å². The van der Waals surface area contributed by atoms with E-state index in [0.29, 0.717) is 17.0 Å². The van der Waals surface area contributed by atoms with E-state index in [1.807, 2.05) is 42.5 Å². The Kier molecular flexibility index (Phi) is 6.03. The number of fused-ring (bicyclic) bond motifs is 3. The number of hydrogen-bond acceptors (Lipinski definition) is 9. The lowest BCUT2D eigenvalue weighted by molar-refractivity contribution is -0.396. The number of phenolic OH excluding ortho intramolecular Hbond substituents is 1. The van der Waals surface area contributed by atoms with E-state index >= 15 is 0 Å². The third kappa shape index (κ3) is 4.05. The third-order valence-corrected chi connectivity index (χ3v) is 8.07. The number of rotatable bonds is 5. The zero-order chi connectivity index (χ0) is 28.1. The summed E-state index contributed by atoms with van der Waals surface area (Å²) in [5, 5.41) is 32.9. The van der Waals surface area contributed by atoms with E-state index < -0.39 is 33.0 Å². The molecule has 0 saturated heterocycles. The summed E-state index contributed by atoms with van der Waals surface area (Å²) >= 11 is 1.09. The molecule has 200 valence electrons. The minimum Gasteiger partial charge on any atom is -0.497 e. The Morgan fingerprint density at radius 2 is 1.73 bits per heavy atom. The van der Waals surface area contributed by atoms with Crippen LogP contribution in [-0.2, 0) is 6.42 Å². The first-order chi connectivity index (χ1) is 19.3. The van der Waals surface area contributed by atoms with Crippen LogP contribution >= 0.6 is 11.3 Å².